The Kier molecular flexibility index (Phi) is 14.4. The van der Waals surface area contributed by atoms with Crippen molar-refractivity contribution in [2.24, 2.45) is 46.3 Å². The third-order valence-electron chi connectivity index (χ3n) is 19.7. The monoisotopic (exact) mass is 1040 g/mol. The van der Waals surface area contributed by atoms with Crippen molar-refractivity contribution >= 4 is 29.5 Å². The summed E-state index contributed by atoms with van der Waals surface area (Å²) in [5.74, 6) is 1.55. The molecule has 0 spiro atoms. The summed E-state index contributed by atoms with van der Waals surface area (Å²) < 4.78 is 37.1. The molecule has 4 aliphatic heterocycles. The SMILES string of the molecule is C=C1/C(=C\C=C2/CCC[C@@]3(C)C2CCC3[C@@H](C)/C=C/C(OC(=O)Nc2ccc(Cc3ccc(NC(=O)O[C@H]([C@@]4(C(C)C)O[C@H]4[C@@H]4CO4)[C@]4(C)C[C@@]5(C)CCC6=C(COC6=O)[C@@H]5CO4)cc3)cc2)C2CC2)C[C@@H](O)C[C@@H]1O. The molecular weight excluding hydrogens is 961 g/mol. The average Bonchev–Trinajstić information content (AvgIpc) is 4.48. The number of carbonyl (C=O) groups is 3. The summed E-state index contributed by atoms with van der Waals surface area (Å²) in [5.41, 5.74) is 6.77. The molecule has 408 valence electrons. The van der Waals surface area contributed by atoms with Crippen LogP contribution >= 0.6 is 0 Å². The van der Waals surface area contributed by atoms with Crippen LogP contribution in [0.15, 0.2) is 107 Å². The summed E-state index contributed by atoms with van der Waals surface area (Å²) in [7, 11) is 0. The molecule has 3 saturated heterocycles. The summed E-state index contributed by atoms with van der Waals surface area (Å²) in [6, 6.07) is 15.5. The van der Waals surface area contributed by atoms with Crippen LogP contribution in [0.4, 0.5) is 21.0 Å². The predicted molar refractivity (Wildman–Crippen MR) is 289 cm³/mol. The molecule has 7 fully saturated rings. The average molecular weight is 1040 g/mol. The first-order valence-corrected chi connectivity index (χ1v) is 28.4. The fraction of sp³-hybridized carbons (Fsp3) is 0.603. The van der Waals surface area contributed by atoms with Crippen molar-refractivity contribution in [1.29, 1.82) is 0 Å². The molecule has 76 heavy (non-hydrogen) atoms. The first kappa shape index (κ1) is 53.0. The number of rotatable bonds is 15. The van der Waals surface area contributed by atoms with Crippen LogP contribution < -0.4 is 10.6 Å². The standard InChI is InChI=1S/C63H80N2O11/c1-36(2)63(55(76-63)54-34-71-54)57(62(7)35-60(5)28-26-47-48(32-72-56(47)68)51(60)33-73-62)75-59(70)65-45-21-13-40(14-22-45)29-39-11-19-44(20-12-39)64-58(69)74-53(42-16-17-42)25-10-37(3)49-23-24-50-41(9-8-27-61(49,50)6)15-18-43-30-46(66)31-52(67)38(43)4/h10-15,18-22,25,36-37,42,46,49-55,57,66-67H,4,8-9,16-17,23-24,26-35H2,1-3,5-7H3,(H,64,69)(H,65,70)/b25-10+,41-15+,43-18-/t37-,46+,49?,50?,51-,52-,53?,54-,55-,57-,60+,61+,62-,63-/m0/s1. The third-order valence-corrected chi connectivity index (χ3v) is 19.7. The van der Waals surface area contributed by atoms with Crippen LogP contribution in [0.1, 0.15) is 130 Å². The lowest BCUT2D eigenvalue weighted by atomic mass is 9.58. The number of fused-ring (bicyclic) bond motifs is 3. The number of allylic oxidation sites excluding steroid dienone is 4. The van der Waals surface area contributed by atoms with Crippen LogP contribution in [-0.4, -0.2) is 96.0 Å². The van der Waals surface area contributed by atoms with E-state index in [0.717, 1.165) is 78.4 Å². The Balaban J connectivity index is 0.676. The van der Waals surface area contributed by atoms with Gasteiger partial charge in [-0.05, 0) is 183 Å². The Bertz CT molecular complexity index is 2700. The van der Waals surface area contributed by atoms with Gasteiger partial charge in [0.05, 0.1) is 25.4 Å². The first-order valence-electron chi connectivity index (χ1n) is 28.4. The first-order chi connectivity index (χ1) is 36.4. The van der Waals surface area contributed by atoms with Crippen molar-refractivity contribution in [3.63, 3.8) is 0 Å². The van der Waals surface area contributed by atoms with Crippen LogP contribution in [-0.2, 0) is 39.6 Å². The molecule has 14 atom stereocenters. The van der Waals surface area contributed by atoms with Gasteiger partial charge in [-0.25, -0.2) is 14.4 Å². The van der Waals surface area contributed by atoms with Gasteiger partial charge in [-0.1, -0.05) is 89.3 Å². The number of hydrogen-bond donors (Lipinski definition) is 4. The number of hydrogen-bond acceptors (Lipinski definition) is 11. The summed E-state index contributed by atoms with van der Waals surface area (Å²) in [5, 5.41) is 26.6. The van der Waals surface area contributed by atoms with Gasteiger partial charge in [-0.3, -0.25) is 10.6 Å². The highest BCUT2D eigenvalue weighted by Gasteiger charge is 2.74. The number of anilines is 2. The van der Waals surface area contributed by atoms with E-state index in [1.54, 1.807) is 0 Å². The van der Waals surface area contributed by atoms with Gasteiger partial charge < -0.3 is 38.6 Å². The molecule has 2 amide bonds. The maximum Gasteiger partial charge on any atom is 0.412 e. The molecule has 11 rings (SSSR count). The van der Waals surface area contributed by atoms with Crippen molar-refractivity contribution in [3.05, 3.63) is 118 Å². The molecule has 0 bridgehead atoms. The Morgan fingerprint density at radius 2 is 1.54 bits per heavy atom. The molecule has 0 radical (unpaired) electrons. The maximum absolute atomic E-state index is 14.0. The number of ether oxygens (including phenoxy) is 6. The minimum atomic E-state index is -0.869. The number of amides is 2. The molecule has 13 nitrogen and oxygen atoms in total. The topological polar surface area (TPSA) is 178 Å². The molecule has 0 aromatic heterocycles. The Labute approximate surface area is 448 Å². The van der Waals surface area contributed by atoms with Crippen molar-refractivity contribution < 1.29 is 53.0 Å². The highest BCUT2D eigenvalue weighted by Crippen LogP contribution is 2.62. The predicted octanol–water partition coefficient (Wildman–Crippen LogP) is 11.5. The normalized spacial score (nSPS) is 37.0. The zero-order valence-electron chi connectivity index (χ0n) is 45.4. The molecule has 13 heteroatoms. The second-order valence-corrected chi connectivity index (χ2v) is 25.2. The minimum Gasteiger partial charge on any atom is -0.458 e. The molecule has 2 aromatic carbocycles. The molecule has 3 unspecified atom stereocenters. The van der Waals surface area contributed by atoms with Crippen molar-refractivity contribution in [3.8, 4) is 0 Å². The lowest BCUT2D eigenvalue weighted by Crippen LogP contribution is -2.62. The summed E-state index contributed by atoms with van der Waals surface area (Å²) in [6.45, 7) is 18.8. The molecule has 4 N–H and O–H groups in total. The third kappa shape index (κ3) is 10.4. The van der Waals surface area contributed by atoms with E-state index in [2.05, 4.69) is 76.1 Å². The summed E-state index contributed by atoms with van der Waals surface area (Å²) in [4.78, 5) is 39.8. The minimum absolute atomic E-state index is 0.00944. The van der Waals surface area contributed by atoms with Crippen LogP contribution in [0.2, 0.25) is 0 Å². The van der Waals surface area contributed by atoms with Gasteiger partial charge in [-0.2, -0.15) is 0 Å². The van der Waals surface area contributed by atoms with Gasteiger partial charge in [0.15, 0.2) is 6.10 Å². The van der Waals surface area contributed by atoms with E-state index in [9.17, 15) is 24.6 Å². The lowest BCUT2D eigenvalue weighted by molar-refractivity contribution is -0.205. The Morgan fingerprint density at radius 1 is 0.855 bits per heavy atom. The van der Waals surface area contributed by atoms with Gasteiger partial charge in [0.25, 0.3) is 0 Å². The van der Waals surface area contributed by atoms with Crippen LogP contribution in [0, 0.1) is 46.3 Å². The molecule has 4 heterocycles. The number of aliphatic hydroxyl groups is 2. The molecule has 2 aromatic rings. The fourth-order valence-electron chi connectivity index (χ4n) is 15.2. The van der Waals surface area contributed by atoms with Crippen LogP contribution in [0.5, 0.6) is 0 Å². The fourth-order valence-corrected chi connectivity index (χ4v) is 15.2. The number of aliphatic hydroxyl groups excluding tert-OH is 2. The number of carbonyl (C=O) groups excluding carboxylic acids is 3. The van der Waals surface area contributed by atoms with E-state index in [0.29, 0.717) is 87.0 Å². The Morgan fingerprint density at radius 3 is 2.20 bits per heavy atom. The van der Waals surface area contributed by atoms with Gasteiger partial charge in [-0.15, -0.1) is 0 Å². The molecular formula is C63H80N2O11. The second kappa shape index (κ2) is 20.6. The van der Waals surface area contributed by atoms with E-state index < -0.39 is 41.7 Å². The van der Waals surface area contributed by atoms with Gasteiger partial charge in [0.2, 0.25) is 0 Å². The van der Waals surface area contributed by atoms with E-state index in [4.69, 9.17) is 28.4 Å². The summed E-state index contributed by atoms with van der Waals surface area (Å²) in [6.07, 6.45) is 16.8. The number of benzene rings is 2. The maximum atomic E-state index is 14.0. The van der Waals surface area contributed by atoms with Crippen molar-refractivity contribution in [2.45, 2.75) is 173 Å². The number of cyclic esters (lactones) is 1. The van der Waals surface area contributed by atoms with Crippen LogP contribution in [0.25, 0.3) is 0 Å². The van der Waals surface area contributed by atoms with E-state index in [-0.39, 0.29) is 46.9 Å². The lowest BCUT2D eigenvalue weighted by Gasteiger charge is -2.54. The van der Waals surface area contributed by atoms with Crippen LogP contribution in [0.3, 0.4) is 0 Å². The summed E-state index contributed by atoms with van der Waals surface area (Å²) >= 11 is 0. The molecule has 9 aliphatic rings. The van der Waals surface area contributed by atoms with E-state index >= 15 is 0 Å². The second-order valence-electron chi connectivity index (χ2n) is 25.2. The van der Waals surface area contributed by atoms with Gasteiger partial charge >= 0.3 is 18.2 Å². The zero-order chi connectivity index (χ0) is 53.3. The van der Waals surface area contributed by atoms with Crippen molar-refractivity contribution in [2.75, 3.05) is 30.5 Å². The largest absolute Gasteiger partial charge is 0.458 e. The quantitative estimate of drug-likeness (QED) is 0.0578. The number of epoxide rings is 2. The zero-order valence-corrected chi connectivity index (χ0v) is 45.4. The van der Waals surface area contributed by atoms with Crippen molar-refractivity contribution in [1.82, 2.24) is 0 Å². The number of esters is 1. The van der Waals surface area contributed by atoms with E-state index in [1.165, 1.54) is 12.0 Å². The number of nitrogens with one attached hydrogen (secondary N) is 2. The Hall–Kier alpha value is -5.05. The van der Waals surface area contributed by atoms with E-state index in [1.807, 2.05) is 55.5 Å². The molecule has 4 saturated carbocycles. The van der Waals surface area contributed by atoms with Gasteiger partial charge in [0.1, 0.15) is 36.1 Å². The highest BCUT2D eigenvalue weighted by atomic mass is 16.7. The smallest absolute Gasteiger partial charge is 0.412 e. The van der Waals surface area contributed by atoms with Gasteiger partial charge in [0, 0.05) is 29.3 Å². The highest BCUT2D eigenvalue weighted by molar-refractivity contribution is 5.92. The molecule has 5 aliphatic carbocycles.